The molecule has 1 nitrogen and oxygen atoms in total. The van der Waals surface area contributed by atoms with Crippen molar-refractivity contribution in [3.63, 3.8) is 0 Å². The third-order valence-electron chi connectivity index (χ3n) is 3.04. The summed E-state index contributed by atoms with van der Waals surface area (Å²) < 4.78 is 0.303. The second-order valence-electron chi connectivity index (χ2n) is 4.92. The zero-order valence-corrected chi connectivity index (χ0v) is 11.8. The quantitative estimate of drug-likeness (QED) is 0.836. The smallest absolute Gasteiger partial charge is 0.0294 e. The van der Waals surface area contributed by atoms with Crippen LogP contribution < -0.4 is 5.32 Å². The maximum atomic E-state index is 3.61. The first kappa shape index (κ1) is 13.6. The molecule has 0 spiro atoms. The molecule has 0 aliphatic carbocycles. The summed E-state index contributed by atoms with van der Waals surface area (Å²) in [6.45, 7) is 9.99. The topological polar surface area (TPSA) is 12.0 Å². The molecule has 1 rings (SSSR count). The molecule has 0 heterocycles. The summed E-state index contributed by atoms with van der Waals surface area (Å²) in [6.07, 6.45) is 2.17. The monoisotopic (exact) mass is 237 g/mol. The predicted octanol–water partition coefficient (Wildman–Crippen LogP) is 3.79. The van der Waals surface area contributed by atoms with E-state index < -0.39 is 0 Å². The van der Waals surface area contributed by atoms with Gasteiger partial charge in [-0.1, -0.05) is 24.3 Å². The van der Waals surface area contributed by atoms with Crippen LogP contribution in [0.3, 0.4) is 0 Å². The van der Waals surface area contributed by atoms with Crippen LogP contribution in [-0.4, -0.2) is 17.5 Å². The van der Waals surface area contributed by atoms with E-state index in [1.165, 1.54) is 11.1 Å². The minimum atomic E-state index is 0.303. The lowest BCUT2D eigenvalue weighted by Crippen LogP contribution is -2.33. The fourth-order valence-electron chi connectivity index (χ4n) is 1.65. The molecule has 1 aromatic carbocycles. The van der Waals surface area contributed by atoms with Crippen molar-refractivity contribution in [3.8, 4) is 0 Å². The number of rotatable bonds is 5. The molecule has 0 saturated heterocycles. The normalized spacial score (nSPS) is 13.8. The molecule has 0 saturated carbocycles. The van der Waals surface area contributed by atoms with Crippen molar-refractivity contribution < 1.29 is 0 Å². The molecule has 0 aliphatic rings. The van der Waals surface area contributed by atoms with E-state index in [1.54, 1.807) is 0 Å². The Bertz CT molecular complexity index is 333. The van der Waals surface area contributed by atoms with E-state index in [1.807, 2.05) is 11.8 Å². The molecule has 2 heteroatoms. The molecule has 0 amide bonds. The highest BCUT2D eigenvalue weighted by molar-refractivity contribution is 7.99. The first-order chi connectivity index (χ1) is 7.46. The van der Waals surface area contributed by atoms with Crippen molar-refractivity contribution in [1.29, 1.82) is 0 Å². The number of hydrogen-bond acceptors (Lipinski definition) is 2. The Kier molecular flexibility index (Phi) is 4.88. The zero-order valence-electron chi connectivity index (χ0n) is 11.0. The van der Waals surface area contributed by atoms with Crippen LogP contribution in [0.2, 0.25) is 0 Å². The standard InChI is InChI=1S/C14H23NS/c1-11-8-6-7-9-13(11)12(2)15-10-14(3,4)16-5/h6-9,12,15H,10H2,1-5H3. The summed E-state index contributed by atoms with van der Waals surface area (Å²) >= 11 is 1.91. The van der Waals surface area contributed by atoms with Gasteiger partial charge in [-0.15, -0.1) is 0 Å². The third-order valence-corrected chi connectivity index (χ3v) is 4.29. The highest BCUT2D eigenvalue weighted by atomic mass is 32.2. The van der Waals surface area contributed by atoms with E-state index >= 15 is 0 Å². The lowest BCUT2D eigenvalue weighted by molar-refractivity contribution is 0.521. The second kappa shape index (κ2) is 5.74. The van der Waals surface area contributed by atoms with Gasteiger partial charge in [-0.2, -0.15) is 11.8 Å². The Labute approximate surface area is 104 Å². The molecule has 1 aromatic rings. The van der Waals surface area contributed by atoms with Crippen molar-refractivity contribution in [3.05, 3.63) is 35.4 Å². The molecule has 1 N–H and O–H groups in total. The Morgan fingerprint density at radius 3 is 2.50 bits per heavy atom. The van der Waals surface area contributed by atoms with Crippen LogP contribution in [0.25, 0.3) is 0 Å². The van der Waals surface area contributed by atoms with Gasteiger partial charge < -0.3 is 5.32 Å². The van der Waals surface area contributed by atoms with Crippen molar-refractivity contribution >= 4 is 11.8 Å². The van der Waals surface area contributed by atoms with Crippen LogP contribution in [-0.2, 0) is 0 Å². The van der Waals surface area contributed by atoms with Gasteiger partial charge >= 0.3 is 0 Å². The van der Waals surface area contributed by atoms with E-state index in [4.69, 9.17) is 0 Å². The largest absolute Gasteiger partial charge is 0.309 e. The lowest BCUT2D eigenvalue weighted by Gasteiger charge is -2.26. The number of benzene rings is 1. The predicted molar refractivity (Wildman–Crippen MR) is 75.2 cm³/mol. The van der Waals surface area contributed by atoms with E-state index in [0.717, 1.165) is 6.54 Å². The highest BCUT2D eigenvalue weighted by Gasteiger charge is 2.17. The molecule has 0 bridgehead atoms. The second-order valence-corrected chi connectivity index (χ2v) is 6.44. The van der Waals surface area contributed by atoms with Crippen LogP contribution in [0.4, 0.5) is 0 Å². The van der Waals surface area contributed by atoms with Gasteiger partial charge in [0, 0.05) is 17.3 Å². The molecule has 90 valence electrons. The van der Waals surface area contributed by atoms with Crippen LogP contribution in [0.1, 0.15) is 37.9 Å². The number of aryl methyl sites for hydroxylation is 1. The molecule has 1 atom stereocenters. The Balaban J connectivity index is 2.60. The minimum Gasteiger partial charge on any atom is -0.309 e. The average molecular weight is 237 g/mol. The van der Waals surface area contributed by atoms with Gasteiger partial charge in [0.05, 0.1) is 0 Å². The number of thioether (sulfide) groups is 1. The summed E-state index contributed by atoms with van der Waals surface area (Å²) in [5.41, 5.74) is 2.77. The molecular formula is C14H23NS. The minimum absolute atomic E-state index is 0.303. The van der Waals surface area contributed by atoms with Crippen LogP contribution in [0.5, 0.6) is 0 Å². The molecular weight excluding hydrogens is 214 g/mol. The Morgan fingerprint density at radius 1 is 1.31 bits per heavy atom. The van der Waals surface area contributed by atoms with Crippen LogP contribution in [0, 0.1) is 6.92 Å². The van der Waals surface area contributed by atoms with Crippen LogP contribution in [0.15, 0.2) is 24.3 Å². The molecule has 16 heavy (non-hydrogen) atoms. The Hall–Kier alpha value is -0.470. The van der Waals surface area contributed by atoms with Crippen LogP contribution >= 0.6 is 11.8 Å². The first-order valence-electron chi connectivity index (χ1n) is 5.80. The van der Waals surface area contributed by atoms with E-state index in [9.17, 15) is 0 Å². The molecule has 0 aromatic heterocycles. The summed E-state index contributed by atoms with van der Waals surface area (Å²) in [5.74, 6) is 0. The molecule has 0 radical (unpaired) electrons. The molecule has 1 unspecified atom stereocenters. The van der Waals surface area contributed by atoms with Gasteiger partial charge in [-0.3, -0.25) is 0 Å². The van der Waals surface area contributed by atoms with Crippen molar-refractivity contribution in [1.82, 2.24) is 5.32 Å². The fourth-order valence-corrected chi connectivity index (χ4v) is 1.88. The van der Waals surface area contributed by atoms with Gasteiger partial charge in [0.1, 0.15) is 0 Å². The van der Waals surface area contributed by atoms with E-state index in [2.05, 4.69) is 63.5 Å². The zero-order chi connectivity index (χ0) is 12.2. The molecule has 0 fully saturated rings. The number of hydrogen-bond donors (Lipinski definition) is 1. The average Bonchev–Trinajstić information content (AvgIpc) is 2.27. The summed E-state index contributed by atoms with van der Waals surface area (Å²) in [4.78, 5) is 0. The third kappa shape index (κ3) is 3.84. The summed E-state index contributed by atoms with van der Waals surface area (Å²) in [6, 6.07) is 9.01. The summed E-state index contributed by atoms with van der Waals surface area (Å²) in [7, 11) is 0. The fraction of sp³-hybridized carbons (Fsp3) is 0.571. The summed E-state index contributed by atoms with van der Waals surface area (Å²) in [5, 5.41) is 3.61. The Morgan fingerprint density at radius 2 is 1.94 bits per heavy atom. The van der Waals surface area contributed by atoms with E-state index in [0.29, 0.717) is 10.8 Å². The number of nitrogens with one attached hydrogen (secondary N) is 1. The van der Waals surface area contributed by atoms with Crippen molar-refractivity contribution in [2.24, 2.45) is 0 Å². The van der Waals surface area contributed by atoms with Gasteiger partial charge in [0.25, 0.3) is 0 Å². The van der Waals surface area contributed by atoms with Gasteiger partial charge in [0.2, 0.25) is 0 Å². The van der Waals surface area contributed by atoms with Gasteiger partial charge in [-0.25, -0.2) is 0 Å². The van der Waals surface area contributed by atoms with Crippen molar-refractivity contribution in [2.75, 3.05) is 12.8 Å². The van der Waals surface area contributed by atoms with Gasteiger partial charge in [0.15, 0.2) is 0 Å². The first-order valence-corrected chi connectivity index (χ1v) is 7.03. The molecule has 0 aliphatic heterocycles. The highest BCUT2D eigenvalue weighted by Crippen LogP contribution is 2.22. The maximum Gasteiger partial charge on any atom is 0.0294 e. The maximum absolute atomic E-state index is 3.61. The van der Waals surface area contributed by atoms with Gasteiger partial charge in [-0.05, 0) is 45.1 Å². The lowest BCUT2D eigenvalue weighted by atomic mass is 10.0. The van der Waals surface area contributed by atoms with E-state index in [-0.39, 0.29) is 0 Å². The van der Waals surface area contributed by atoms with Crippen molar-refractivity contribution in [2.45, 2.75) is 38.5 Å². The SMILES string of the molecule is CSC(C)(C)CNC(C)c1ccccc1C.